The number of nitrogens with zero attached hydrogens (tertiary/aromatic N) is 2. The summed E-state index contributed by atoms with van der Waals surface area (Å²) in [6.07, 6.45) is -0.270. The first-order chi connectivity index (χ1) is 9.67. The summed E-state index contributed by atoms with van der Waals surface area (Å²) < 4.78 is 4.99. The number of hydrogen-bond donors (Lipinski definition) is 1. The second-order valence-corrected chi connectivity index (χ2v) is 4.99. The molecule has 0 bridgehead atoms. The van der Waals surface area contributed by atoms with Crippen LogP contribution in [0, 0.1) is 0 Å². The van der Waals surface area contributed by atoms with Gasteiger partial charge in [-0.15, -0.1) is 0 Å². The summed E-state index contributed by atoms with van der Waals surface area (Å²) in [5.74, 6) is 0. The van der Waals surface area contributed by atoms with Gasteiger partial charge in [-0.1, -0.05) is 23.7 Å². The van der Waals surface area contributed by atoms with Crippen LogP contribution < -0.4 is 4.90 Å². The number of carbonyl (C=O) groups is 1. The maximum Gasteiger partial charge on any atom is 0.409 e. The fraction of sp³-hybridized carbons (Fsp3) is 0.500. The molecule has 1 aromatic rings. The second-order valence-electron chi connectivity index (χ2n) is 4.58. The average molecular weight is 299 g/mol. The summed E-state index contributed by atoms with van der Waals surface area (Å²) in [7, 11) is 0. The fourth-order valence-electron chi connectivity index (χ4n) is 2.37. The third-order valence-corrected chi connectivity index (χ3v) is 3.67. The molecule has 1 aliphatic heterocycles. The average Bonchev–Trinajstić information content (AvgIpc) is 2.47. The molecule has 0 unspecified atom stereocenters. The van der Waals surface area contributed by atoms with Crippen LogP contribution in [0.3, 0.4) is 0 Å². The first-order valence-corrected chi connectivity index (χ1v) is 7.10. The third-order valence-electron chi connectivity index (χ3n) is 3.36. The minimum atomic E-state index is -0.270. The van der Waals surface area contributed by atoms with E-state index in [1.54, 1.807) is 11.8 Å². The van der Waals surface area contributed by atoms with Gasteiger partial charge in [-0.2, -0.15) is 0 Å². The van der Waals surface area contributed by atoms with Crippen molar-refractivity contribution in [2.45, 2.75) is 13.5 Å². The number of aliphatic hydroxyl groups excluding tert-OH is 1. The van der Waals surface area contributed by atoms with E-state index in [4.69, 9.17) is 16.3 Å². The number of amides is 1. The topological polar surface area (TPSA) is 53.0 Å². The zero-order chi connectivity index (χ0) is 14.5. The molecule has 5 nitrogen and oxygen atoms in total. The van der Waals surface area contributed by atoms with Crippen LogP contribution in [0.1, 0.15) is 12.5 Å². The molecule has 1 N–H and O–H groups in total. The van der Waals surface area contributed by atoms with Gasteiger partial charge in [0.2, 0.25) is 0 Å². The molecule has 0 aromatic heterocycles. The highest BCUT2D eigenvalue weighted by atomic mass is 35.5. The molecule has 20 heavy (non-hydrogen) atoms. The van der Waals surface area contributed by atoms with Crippen molar-refractivity contribution in [3.05, 3.63) is 28.8 Å². The molecule has 2 rings (SSSR count). The van der Waals surface area contributed by atoms with Gasteiger partial charge in [0, 0.05) is 31.7 Å². The number of hydrogen-bond acceptors (Lipinski definition) is 4. The molecule has 1 heterocycles. The number of para-hydroxylation sites is 1. The first kappa shape index (κ1) is 14.9. The van der Waals surface area contributed by atoms with Crippen molar-refractivity contribution in [3.8, 4) is 0 Å². The molecule has 0 aliphatic carbocycles. The molecule has 0 spiro atoms. The van der Waals surface area contributed by atoms with E-state index in [2.05, 4.69) is 4.90 Å². The van der Waals surface area contributed by atoms with Gasteiger partial charge >= 0.3 is 6.09 Å². The lowest BCUT2D eigenvalue weighted by atomic mass is 10.1. The smallest absolute Gasteiger partial charge is 0.409 e. The summed E-state index contributed by atoms with van der Waals surface area (Å²) in [5, 5.41) is 10.0. The summed E-state index contributed by atoms with van der Waals surface area (Å²) in [5.41, 5.74) is 1.67. The Morgan fingerprint density at radius 3 is 2.65 bits per heavy atom. The zero-order valence-electron chi connectivity index (χ0n) is 11.5. The van der Waals surface area contributed by atoms with Crippen LogP contribution in [-0.4, -0.2) is 48.9 Å². The maximum absolute atomic E-state index is 11.7. The molecule has 0 saturated carbocycles. The molecular weight excluding hydrogens is 280 g/mol. The molecule has 110 valence electrons. The van der Waals surface area contributed by atoms with Gasteiger partial charge in [-0.3, -0.25) is 0 Å². The van der Waals surface area contributed by atoms with E-state index in [9.17, 15) is 9.90 Å². The highest BCUT2D eigenvalue weighted by Crippen LogP contribution is 2.30. The normalized spacial score (nSPS) is 15.3. The minimum Gasteiger partial charge on any atom is -0.450 e. The summed E-state index contributed by atoms with van der Waals surface area (Å²) in [6, 6.07) is 5.50. The van der Waals surface area contributed by atoms with Crippen LogP contribution in [0.2, 0.25) is 5.02 Å². The summed E-state index contributed by atoms with van der Waals surface area (Å²) in [6.45, 7) is 4.67. The van der Waals surface area contributed by atoms with Crippen molar-refractivity contribution < 1.29 is 14.6 Å². The van der Waals surface area contributed by atoms with Crippen LogP contribution in [0.15, 0.2) is 18.2 Å². The number of carbonyl (C=O) groups excluding carboxylic acids is 1. The second kappa shape index (κ2) is 6.81. The van der Waals surface area contributed by atoms with E-state index < -0.39 is 0 Å². The Labute approximate surface area is 123 Å². The highest BCUT2D eigenvalue weighted by molar-refractivity contribution is 6.33. The van der Waals surface area contributed by atoms with Gasteiger partial charge in [0.05, 0.1) is 23.9 Å². The molecular formula is C14H19ClN2O3. The van der Waals surface area contributed by atoms with E-state index in [0.717, 1.165) is 11.3 Å². The van der Waals surface area contributed by atoms with Crippen LogP contribution in [0.5, 0.6) is 0 Å². The molecule has 6 heteroatoms. The third kappa shape index (κ3) is 3.16. The van der Waals surface area contributed by atoms with Crippen LogP contribution >= 0.6 is 11.6 Å². The van der Waals surface area contributed by atoms with Crippen molar-refractivity contribution in [1.29, 1.82) is 0 Å². The van der Waals surface area contributed by atoms with Gasteiger partial charge in [-0.05, 0) is 13.0 Å². The number of piperazine rings is 1. The molecule has 1 aromatic carbocycles. The van der Waals surface area contributed by atoms with Gasteiger partial charge < -0.3 is 19.6 Å². The van der Waals surface area contributed by atoms with Gasteiger partial charge in [0.15, 0.2) is 0 Å². The van der Waals surface area contributed by atoms with Crippen molar-refractivity contribution in [1.82, 2.24) is 4.90 Å². The molecule has 0 atom stereocenters. The van der Waals surface area contributed by atoms with E-state index in [1.807, 2.05) is 18.2 Å². The Morgan fingerprint density at radius 1 is 1.35 bits per heavy atom. The maximum atomic E-state index is 11.7. The standard InChI is InChI=1S/C14H19ClN2O3/c1-2-20-14(19)17-8-6-16(7-9-17)13-11(10-18)4-3-5-12(13)15/h3-5,18H,2,6-10H2,1H3. The zero-order valence-corrected chi connectivity index (χ0v) is 12.3. The Balaban J connectivity index is 2.06. The number of halogens is 1. The molecule has 0 radical (unpaired) electrons. The van der Waals surface area contributed by atoms with Gasteiger partial charge in [0.25, 0.3) is 0 Å². The Kier molecular flexibility index (Phi) is 5.09. The Hall–Kier alpha value is -1.46. The van der Waals surface area contributed by atoms with Crippen molar-refractivity contribution >= 4 is 23.4 Å². The number of aliphatic hydroxyl groups is 1. The molecule has 1 amide bonds. The summed E-state index contributed by atoms with van der Waals surface area (Å²) >= 11 is 6.23. The number of rotatable bonds is 3. The van der Waals surface area contributed by atoms with E-state index >= 15 is 0 Å². The fourth-order valence-corrected chi connectivity index (χ4v) is 2.68. The Bertz CT molecular complexity index is 473. The van der Waals surface area contributed by atoms with Crippen LogP contribution in [0.25, 0.3) is 0 Å². The van der Waals surface area contributed by atoms with E-state index in [1.165, 1.54) is 0 Å². The van der Waals surface area contributed by atoms with Crippen molar-refractivity contribution in [2.24, 2.45) is 0 Å². The lowest BCUT2D eigenvalue weighted by molar-refractivity contribution is 0.105. The molecule has 1 saturated heterocycles. The number of ether oxygens (including phenoxy) is 1. The van der Waals surface area contributed by atoms with Crippen LogP contribution in [-0.2, 0) is 11.3 Å². The minimum absolute atomic E-state index is 0.0476. The van der Waals surface area contributed by atoms with Crippen LogP contribution in [0.4, 0.5) is 10.5 Å². The van der Waals surface area contributed by atoms with E-state index in [0.29, 0.717) is 37.8 Å². The highest BCUT2D eigenvalue weighted by Gasteiger charge is 2.24. The lowest BCUT2D eigenvalue weighted by Gasteiger charge is -2.36. The molecule has 1 aliphatic rings. The summed E-state index contributed by atoms with van der Waals surface area (Å²) in [4.78, 5) is 15.4. The quantitative estimate of drug-likeness (QED) is 0.928. The van der Waals surface area contributed by atoms with Crippen molar-refractivity contribution in [3.63, 3.8) is 0 Å². The van der Waals surface area contributed by atoms with E-state index in [-0.39, 0.29) is 12.7 Å². The van der Waals surface area contributed by atoms with Gasteiger partial charge in [0.1, 0.15) is 0 Å². The largest absolute Gasteiger partial charge is 0.450 e. The number of benzene rings is 1. The van der Waals surface area contributed by atoms with Crippen molar-refractivity contribution in [2.75, 3.05) is 37.7 Å². The lowest BCUT2D eigenvalue weighted by Crippen LogP contribution is -2.49. The van der Waals surface area contributed by atoms with Gasteiger partial charge in [-0.25, -0.2) is 4.79 Å². The predicted molar refractivity (Wildman–Crippen MR) is 78.2 cm³/mol. The molecule has 1 fully saturated rings. The first-order valence-electron chi connectivity index (χ1n) is 6.72. The SMILES string of the molecule is CCOC(=O)N1CCN(c2c(Cl)cccc2CO)CC1. The predicted octanol–water partition coefficient (Wildman–Crippen LogP) is 2.11. The monoisotopic (exact) mass is 298 g/mol. The Morgan fingerprint density at radius 2 is 2.05 bits per heavy atom. The number of anilines is 1.